The van der Waals surface area contributed by atoms with Crippen LogP contribution >= 0.6 is 12.4 Å². The number of alkyl carbamates (subject to hydrolysis) is 1. The molecule has 0 aliphatic heterocycles. The highest BCUT2D eigenvalue weighted by Crippen LogP contribution is 2.07. The van der Waals surface area contributed by atoms with Gasteiger partial charge in [-0.3, -0.25) is 4.79 Å². The van der Waals surface area contributed by atoms with Crippen molar-refractivity contribution in [3.05, 3.63) is 0 Å². The van der Waals surface area contributed by atoms with Crippen LogP contribution in [0.5, 0.6) is 0 Å². The van der Waals surface area contributed by atoms with Crippen molar-refractivity contribution in [1.29, 1.82) is 0 Å². The Morgan fingerprint density at radius 2 is 1.82 bits per heavy atom. The topological polar surface area (TPSA) is 64.6 Å². The van der Waals surface area contributed by atoms with Crippen LogP contribution in [0.1, 0.15) is 34.1 Å². The minimum absolute atomic E-state index is 0. The van der Waals surface area contributed by atoms with Gasteiger partial charge in [0.15, 0.2) is 0 Å². The first-order valence-corrected chi connectivity index (χ1v) is 5.28. The lowest BCUT2D eigenvalue weighted by Crippen LogP contribution is -2.35. The molecule has 0 aromatic carbocycles. The molecule has 0 bridgehead atoms. The molecule has 0 fully saturated rings. The number of rotatable bonds is 4. The Morgan fingerprint density at radius 3 is 2.24 bits per heavy atom. The molecule has 0 saturated heterocycles. The van der Waals surface area contributed by atoms with E-state index in [4.69, 9.17) is 4.74 Å². The largest absolute Gasteiger partial charge is 0.469 e. The summed E-state index contributed by atoms with van der Waals surface area (Å²) in [5.41, 5.74) is -0.504. The van der Waals surface area contributed by atoms with Crippen LogP contribution in [-0.4, -0.2) is 31.3 Å². The van der Waals surface area contributed by atoms with E-state index in [0.717, 1.165) is 0 Å². The van der Waals surface area contributed by atoms with Crippen molar-refractivity contribution >= 4 is 24.5 Å². The smallest absolute Gasteiger partial charge is 0.407 e. The first-order chi connectivity index (χ1) is 7.24. The first kappa shape index (κ1) is 18.4. The number of amides is 1. The van der Waals surface area contributed by atoms with Gasteiger partial charge in [0.1, 0.15) is 5.60 Å². The number of ether oxygens (including phenoxy) is 2. The lowest BCUT2D eigenvalue weighted by molar-refractivity contribution is -0.141. The summed E-state index contributed by atoms with van der Waals surface area (Å²) >= 11 is 0. The van der Waals surface area contributed by atoms with Crippen LogP contribution in [0.3, 0.4) is 0 Å². The van der Waals surface area contributed by atoms with E-state index in [-0.39, 0.29) is 30.7 Å². The zero-order valence-electron chi connectivity index (χ0n) is 11.0. The van der Waals surface area contributed by atoms with Gasteiger partial charge in [0.05, 0.1) is 7.11 Å². The fourth-order valence-corrected chi connectivity index (χ4v) is 1.01. The molecule has 0 aromatic heterocycles. The summed E-state index contributed by atoms with van der Waals surface area (Å²) in [6.07, 6.45) is -0.184. The average Bonchev–Trinajstić information content (AvgIpc) is 2.12. The molecule has 0 spiro atoms. The van der Waals surface area contributed by atoms with E-state index in [9.17, 15) is 9.59 Å². The van der Waals surface area contributed by atoms with Crippen molar-refractivity contribution in [3.63, 3.8) is 0 Å². The Labute approximate surface area is 109 Å². The van der Waals surface area contributed by atoms with Gasteiger partial charge in [0, 0.05) is 13.0 Å². The molecule has 102 valence electrons. The van der Waals surface area contributed by atoms with Gasteiger partial charge in [-0.25, -0.2) is 4.79 Å². The van der Waals surface area contributed by atoms with Gasteiger partial charge >= 0.3 is 12.1 Å². The van der Waals surface area contributed by atoms with Gasteiger partial charge in [-0.15, -0.1) is 12.4 Å². The van der Waals surface area contributed by atoms with E-state index in [2.05, 4.69) is 10.1 Å². The van der Waals surface area contributed by atoms with Crippen molar-refractivity contribution in [2.75, 3.05) is 13.7 Å². The van der Waals surface area contributed by atoms with Crippen LogP contribution in [0.15, 0.2) is 0 Å². The maximum atomic E-state index is 11.3. The molecule has 0 aliphatic rings. The van der Waals surface area contributed by atoms with E-state index < -0.39 is 11.7 Å². The van der Waals surface area contributed by atoms with Gasteiger partial charge in [0.2, 0.25) is 0 Å². The van der Waals surface area contributed by atoms with Gasteiger partial charge in [-0.1, -0.05) is 6.92 Å². The van der Waals surface area contributed by atoms with E-state index in [1.165, 1.54) is 7.11 Å². The second-order valence-corrected chi connectivity index (χ2v) is 4.77. The van der Waals surface area contributed by atoms with Crippen LogP contribution in [-0.2, 0) is 14.3 Å². The molecule has 0 rings (SSSR count). The molecule has 5 nitrogen and oxygen atoms in total. The predicted octanol–water partition coefficient (Wildman–Crippen LogP) is 2.13. The Bertz CT molecular complexity index is 250. The molecule has 1 unspecified atom stereocenters. The van der Waals surface area contributed by atoms with Crippen molar-refractivity contribution in [1.82, 2.24) is 5.32 Å². The summed E-state index contributed by atoms with van der Waals surface area (Å²) in [5, 5.41) is 2.60. The number of nitrogens with one attached hydrogen (secondary N) is 1. The normalized spacial score (nSPS) is 12.1. The zero-order valence-corrected chi connectivity index (χ0v) is 11.8. The minimum atomic E-state index is -0.504. The Hall–Kier alpha value is -0.970. The molecule has 0 saturated carbocycles. The van der Waals surface area contributed by atoms with Gasteiger partial charge in [-0.05, 0) is 26.7 Å². The minimum Gasteiger partial charge on any atom is -0.469 e. The zero-order chi connectivity index (χ0) is 12.8. The molecule has 6 heteroatoms. The second kappa shape index (κ2) is 8.17. The first-order valence-electron chi connectivity index (χ1n) is 5.28. The van der Waals surface area contributed by atoms with E-state index in [1.807, 2.05) is 6.92 Å². The lowest BCUT2D eigenvalue weighted by Gasteiger charge is -2.20. The van der Waals surface area contributed by atoms with Crippen LogP contribution in [0.2, 0.25) is 0 Å². The van der Waals surface area contributed by atoms with Crippen LogP contribution in [0, 0.1) is 5.92 Å². The van der Waals surface area contributed by atoms with Crippen LogP contribution in [0.4, 0.5) is 4.79 Å². The third-order valence-corrected chi connectivity index (χ3v) is 1.74. The number of methoxy groups -OCH3 is 1. The Morgan fingerprint density at radius 1 is 1.29 bits per heavy atom. The van der Waals surface area contributed by atoms with E-state index in [0.29, 0.717) is 6.54 Å². The number of hydrogen-bond donors (Lipinski definition) is 1. The summed E-state index contributed by atoms with van der Waals surface area (Å²) < 4.78 is 9.58. The van der Waals surface area contributed by atoms with Gasteiger partial charge < -0.3 is 14.8 Å². The SMILES string of the molecule is COC(=O)CC(C)CNC(=O)OC(C)(C)C.Cl. The maximum absolute atomic E-state index is 11.3. The number of carbonyl (C=O) groups excluding carboxylic acids is 2. The summed E-state index contributed by atoms with van der Waals surface area (Å²) in [4.78, 5) is 22.2. The molecule has 0 aliphatic carbocycles. The quantitative estimate of drug-likeness (QED) is 0.793. The highest BCUT2D eigenvalue weighted by atomic mass is 35.5. The average molecular weight is 268 g/mol. The molecule has 1 amide bonds. The number of hydrogen-bond acceptors (Lipinski definition) is 4. The maximum Gasteiger partial charge on any atom is 0.407 e. The standard InChI is InChI=1S/C11H21NO4.ClH/c1-8(6-9(13)15-5)7-12-10(14)16-11(2,3)4;/h8H,6-7H2,1-5H3,(H,12,14);1H. The number of esters is 1. The van der Waals surface area contributed by atoms with Gasteiger partial charge in [0.25, 0.3) is 0 Å². The molecule has 0 radical (unpaired) electrons. The predicted molar refractivity (Wildman–Crippen MR) is 67.3 cm³/mol. The van der Waals surface area contributed by atoms with Crippen molar-refractivity contribution in [2.45, 2.75) is 39.7 Å². The molecule has 0 aromatic rings. The molecule has 17 heavy (non-hydrogen) atoms. The highest BCUT2D eigenvalue weighted by molar-refractivity contribution is 5.85. The van der Waals surface area contributed by atoms with Crippen molar-refractivity contribution < 1.29 is 19.1 Å². The van der Waals surface area contributed by atoms with Gasteiger partial charge in [-0.2, -0.15) is 0 Å². The van der Waals surface area contributed by atoms with Crippen LogP contribution in [0.25, 0.3) is 0 Å². The Balaban J connectivity index is 0. The Kier molecular flexibility index (Phi) is 8.84. The van der Waals surface area contributed by atoms with Crippen molar-refractivity contribution in [3.8, 4) is 0 Å². The monoisotopic (exact) mass is 267 g/mol. The van der Waals surface area contributed by atoms with Crippen LogP contribution < -0.4 is 5.32 Å². The fourth-order valence-electron chi connectivity index (χ4n) is 1.01. The van der Waals surface area contributed by atoms with E-state index in [1.54, 1.807) is 20.8 Å². The summed E-state index contributed by atoms with van der Waals surface area (Å²) in [7, 11) is 1.34. The fraction of sp³-hybridized carbons (Fsp3) is 0.818. The number of carbonyl (C=O) groups is 2. The molecular formula is C11H22ClNO4. The lowest BCUT2D eigenvalue weighted by atomic mass is 10.1. The number of halogens is 1. The molecule has 1 N–H and O–H groups in total. The van der Waals surface area contributed by atoms with E-state index >= 15 is 0 Å². The second-order valence-electron chi connectivity index (χ2n) is 4.77. The third-order valence-electron chi connectivity index (χ3n) is 1.74. The summed E-state index contributed by atoms with van der Waals surface area (Å²) in [6, 6.07) is 0. The summed E-state index contributed by atoms with van der Waals surface area (Å²) in [6.45, 7) is 7.64. The molecule has 0 heterocycles. The highest BCUT2D eigenvalue weighted by Gasteiger charge is 2.17. The third kappa shape index (κ3) is 11.3. The molecule has 1 atom stereocenters. The summed E-state index contributed by atoms with van der Waals surface area (Å²) in [5.74, 6) is -0.251. The molecular weight excluding hydrogens is 246 g/mol. The van der Waals surface area contributed by atoms with Crippen molar-refractivity contribution in [2.24, 2.45) is 5.92 Å².